The van der Waals surface area contributed by atoms with Gasteiger partial charge >= 0.3 is 0 Å². The van der Waals surface area contributed by atoms with Crippen LogP contribution in [-0.4, -0.2) is 22.6 Å². The van der Waals surface area contributed by atoms with Gasteiger partial charge in [-0.15, -0.1) is 6.58 Å². The Hall–Kier alpha value is -2.36. The lowest BCUT2D eigenvalue weighted by Crippen LogP contribution is -2.09. The van der Waals surface area contributed by atoms with Gasteiger partial charge in [0, 0.05) is 24.2 Å². The molecule has 1 saturated carbocycles. The highest BCUT2D eigenvalue weighted by atomic mass is 15.2. The summed E-state index contributed by atoms with van der Waals surface area (Å²) < 4.78 is 0. The smallest absolute Gasteiger partial charge is 0.225 e. The summed E-state index contributed by atoms with van der Waals surface area (Å²) in [6.45, 7) is 4.40. The zero-order chi connectivity index (χ0) is 13.8. The van der Waals surface area contributed by atoms with Gasteiger partial charge in [0.05, 0.1) is 5.69 Å². The summed E-state index contributed by atoms with van der Waals surface area (Å²) in [7, 11) is 0. The van der Waals surface area contributed by atoms with E-state index < -0.39 is 0 Å². The lowest BCUT2D eigenvalue weighted by atomic mass is 10.1. The molecule has 1 aliphatic carbocycles. The van der Waals surface area contributed by atoms with Crippen LogP contribution in [0.4, 0.5) is 11.8 Å². The van der Waals surface area contributed by atoms with Crippen molar-refractivity contribution in [2.24, 2.45) is 0 Å². The third kappa shape index (κ3) is 3.15. The first-order valence-electron chi connectivity index (χ1n) is 6.91. The van der Waals surface area contributed by atoms with Gasteiger partial charge in [0.1, 0.15) is 5.82 Å². The maximum Gasteiger partial charge on any atom is 0.225 e. The molecule has 4 nitrogen and oxygen atoms in total. The third-order valence-electron chi connectivity index (χ3n) is 3.13. The van der Waals surface area contributed by atoms with Crippen LogP contribution in [-0.2, 0) is 0 Å². The monoisotopic (exact) mass is 266 g/mol. The van der Waals surface area contributed by atoms with E-state index in [2.05, 4.69) is 39.3 Å². The second-order valence-electron chi connectivity index (χ2n) is 4.92. The minimum atomic E-state index is 0.535. The molecule has 0 bridgehead atoms. The second kappa shape index (κ2) is 5.74. The van der Waals surface area contributed by atoms with E-state index in [1.165, 1.54) is 12.8 Å². The predicted molar refractivity (Wildman–Crippen MR) is 82.8 cm³/mol. The van der Waals surface area contributed by atoms with Crippen molar-refractivity contribution in [3.63, 3.8) is 0 Å². The first kappa shape index (κ1) is 12.7. The second-order valence-corrected chi connectivity index (χ2v) is 4.92. The van der Waals surface area contributed by atoms with Gasteiger partial charge in [-0.05, 0) is 12.8 Å². The molecular formula is C16H18N4. The summed E-state index contributed by atoms with van der Waals surface area (Å²) in [6.07, 6.45) is 4.22. The van der Waals surface area contributed by atoms with Crippen LogP contribution in [0.2, 0.25) is 0 Å². The third-order valence-corrected chi connectivity index (χ3v) is 3.13. The molecule has 0 amide bonds. The lowest BCUT2D eigenvalue weighted by Gasteiger charge is -2.10. The number of nitrogens with one attached hydrogen (secondary N) is 2. The fourth-order valence-electron chi connectivity index (χ4n) is 1.95. The Morgan fingerprint density at radius 3 is 2.70 bits per heavy atom. The molecule has 3 rings (SSSR count). The van der Waals surface area contributed by atoms with Crippen molar-refractivity contribution in [2.45, 2.75) is 18.9 Å². The van der Waals surface area contributed by atoms with Crippen molar-refractivity contribution in [2.75, 3.05) is 17.2 Å². The van der Waals surface area contributed by atoms with Crippen LogP contribution in [0.25, 0.3) is 11.3 Å². The summed E-state index contributed by atoms with van der Waals surface area (Å²) in [5.41, 5.74) is 2.02. The van der Waals surface area contributed by atoms with E-state index in [1.807, 2.05) is 30.3 Å². The molecule has 1 heterocycles. The fourth-order valence-corrected chi connectivity index (χ4v) is 1.95. The maximum absolute atomic E-state index is 4.60. The molecule has 0 saturated heterocycles. The molecule has 1 aliphatic rings. The van der Waals surface area contributed by atoms with Crippen LogP contribution >= 0.6 is 0 Å². The molecular weight excluding hydrogens is 248 g/mol. The Bertz CT molecular complexity index is 591. The Labute approximate surface area is 119 Å². The minimum absolute atomic E-state index is 0.535. The Morgan fingerprint density at radius 2 is 2.00 bits per heavy atom. The SMILES string of the molecule is C=CCNc1cc(-c2ccccc2)nc(NC2CC2)n1. The van der Waals surface area contributed by atoms with E-state index in [0.717, 1.165) is 17.1 Å². The predicted octanol–water partition coefficient (Wildman–Crippen LogP) is 3.32. The van der Waals surface area contributed by atoms with Gasteiger partial charge in [-0.2, -0.15) is 4.98 Å². The zero-order valence-electron chi connectivity index (χ0n) is 11.3. The van der Waals surface area contributed by atoms with Crippen LogP contribution in [0.15, 0.2) is 49.1 Å². The molecule has 0 radical (unpaired) electrons. The normalized spacial score (nSPS) is 13.8. The van der Waals surface area contributed by atoms with Gasteiger partial charge in [0.2, 0.25) is 5.95 Å². The van der Waals surface area contributed by atoms with Crippen molar-refractivity contribution in [1.29, 1.82) is 0 Å². The van der Waals surface area contributed by atoms with Gasteiger partial charge in [-0.3, -0.25) is 0 Å². The van der Waals surface area contributed by atoms with E-state index in [9.17, 15) is 0 Å². The number of aromatic nitrogens is 2. The largest absolute Gasteiger partial charge is 0.366 e. The van der Waals surface area contributed by atoms with Crippen molar-refractivity contribution >= 4 is 11.8 Å². The first-order valence-corrected chi connectivity index (χ1v) is 6.91. The van der Waals surface area contributed by atoms with Gasteiger partial charge in [0.25, 0.3) is 0 Å². The van der Waals surface area contributed by atoms with E-state index in [0.29, 0.717) is 18.5 Å². The van der Waals surface area contributed by atoms with Gasteiger partial charge in [-0.25, -0.2) is 4.98 Å². The lowest BCUT2D eigenvalue weighted by molar-refractivity contribution is 1.05. The number of nitrogens with zero attached hydrogens (tertiary/aromatic N) is 2. The van der Waals surface area contributed by atoms with Crippen LogP contribution < -0.4 is 10.6 Å². The molecule has 0 spiro atoms. The molecule has 0 atom stereocenters. The fraction of sp³-hybridized carbons (Fsp3) is 0.250. The molecule has 2 N–H and O–H groups in total. The number of rotatable bonds is 6. The summed E-state index contributed by atoms with van der Waals surface area (Å²) >= 11 is 0. The van der Waals surface area contributed by atoms with Crippen LogP contribution in [0.5, 0.6) is 0 Å². The maximum atomic E-state index is 4.60. The highest BCUT2D eigenvalue weighted by Crippen LogP contribution is 2.26. The van der Waals surface area contributed by atoms with Crippen LogP contribution in [0.3, 0.4) is 0 Å². The molecule has 1 aromatic carbocycles. The molecule has 20 heavy (non-hydrogen) atoms. The molecule has 0 unspecified atom stereocenters. The van der Waals surface area contributed by atoms with Gasteiger partial charge in [0.15, 0.2) is 0 Å². The average Bonchev–Trinajstić information content (AvgIpc) is 3.30. The molecule has 102 valence electrons. The van der Waals surface area contributed by atoms with E-state index in [1.54, 1.807) is 0 Å². The van der Waals surface area contributed by atoms with Crippen molar-refractivity contribution in [1.82, 2.24) is 9.97 Å². The number of anilines is 2. The van der Waals surface area contributed by atoms with E-state index >= 15 is 0 Å². The summed E-state index contributed by atoms with van der Waals surface area (Å²) in [4.78, 5) is 9.10. The average molecular weight is 266 g/mol. The molecule has 2 aromatic rings. The van der Waals surface area contributed by atoms with E-state index in [4.69, 9.17) is 0 Å². The standard InChI is InChI=1S/C16H18N4/c1-2-10-17-15-11-14(12-6-4-3-5-7-12)19-16(20-15)18-13-8-9-13/h2-7,11,13H,1,8-10H2,(H2,17,18,19,20). The minimum Gasteiger partial charge on any atom is -0.366 e. The van der Waals surface area contributed by atoms with Gasteiger partial charge < -0.3 is 10.6 Å². The summed E-state index contributed by atoms with van der Waals surface area (Å²) in [5.74, 6) is 1.52. The van der Waals surface area contributed by atoms with Crippen molar-refractivity contribution in [3.05, 3.63) is 49.1 Å². The molecule has 4 heteroatoms. The highest BCUT2D eigenvalue weighted by Gasteiger charge is 2.22. The Morgan fingerprint density at radius 1 is 1.20 bits per heavy atom. The number of hydrogen-bond donors (Lipinski definition) is 2. The summed E-state index contributed by atoms with van der Waals surface area (Å²) in [5, 5.41) is 6.58. The topological polar surface area (TPSA) is 49.8 Å². The van der Waals surface area contributed by atoms with Crippen molar-refractivity contribution in [3.8, 4) is 11.3 Å². The molecule has 0 aliphatic heterocycles. The number of hydrogen-bond acceptors (Lipinski definition) is 4. The molecule has 1 aromatic heterocycles. The Kier molecular flexibility index (Phi) is 3.63. The van der Waals surface area contributed by atoms with Gasteiger partial charge in [-0.1, -0.05) is 36.4 Å². The van der Waals surface area contributed by atoms with E-state index in [-0.39, 0.29) is 0 Å². The number of benzene rings is 1. The highest BCUT2D eigenvalue weighted by molar-refractivity contribution is 5.64. The first-order chi connectivity index (χ1) is 9.85. The zero-order valence-corrected chi connectivity index (χ0v) is 11.3. The van der Waals surface area contributed by atoms with Crippen molar-refractivity contribution < 1.29 is 0 Å². The molecule has 1 fully saturated rings. The van der Waals surface area contributed by atoms with Crippen LogP contribution in [0, 0.1) is 0 Å². The Balaban J connectivity index is 1.92. The quantitative estimate of drug-likeness (QED) is 0.787. The summed E-state index contributed by atoms with van der Waals surface area (Å²) in [6, 6.07) is 12.7. The van der Waals surface area contributed by atoms with Crippen LogP contribution in [0.1, 0.15) is 12.8 Å².